The first-order valence-corrected chi connectivity index (χ1v) is 7.95. The SMILES string of the molecule is Cc1nc(C(C)(C)C)[nH]c(=O)c1-c1nc(C2(N)CCCC2)no1. The van der Waals surface area contributed by atoms with Gasteiger partial charge in [0.25, 0.3) is 11.4 Å². The first-order chi connectivity index (χ1) is 10.7. The van der Waals surface area contributed by atoms with Crippen molar-refractivity contribution < 1.29 is 4.52 Å². The van der Waals surface area contributed by atoms with E-state index in [9.17, 15) is 4.79 Å². The summed E-state index contributed by atoms with van der Waals surface area (Å²) in [5, 5.41) is 4.01. The molecule has 2 aromatic rings. The van der Waals surface area contributed by atoms with E-state index in [0.29, 0.717) is 22.9 Å². The second-order valence-electron chi connectivity index (χ2n) is 7.41. The van der Waals surface area contributed by atoms with Gasteiger partial charge in [0.2, 0.25) is 0 Å². The molecule has 7 nitrogen and oxygen atoms in total. The molecule has 0 unspecified atom stereocenters. The molecule has 0 radical (unpaired) electrons. The highest BCUT2D eigenvalue weighted by atomic mass is 16.5. The third-order valence-corrected chi connectivity index (χ3v) is 4.39. The van der Waals surface area contributed by atoms with Crippen LogP contribution in [0.4, 0.5) is 0 Å². The molecule has 0 aliphatic heterocycles. The van der Waals surface area contributed by atoms with Gasteiger partial charge in [0.1, 0.15) is 11.4 Å². The van der Waals surface area contributed by atoms with Crippen molar-refractivity contribution in [3.05, 3.63) is 27.7 Å². The number of aromatic nitrogens is 4. The van der Waals surface area contributed by atoms with Crippen molar-refractivity contribution >= 4 is 0 Å². The molecule has 1 aliphatic rings. The summed E-state index contributed by atoms with van der Waals surface area (Å²) in [6, 6.07) is 0. The van der Waals surface area contributed by atoms with Gasteiger partial charge in [0.05, 0.1) is 11.2 Å². The molecular formula is C16H23N5O2. The summed E-state index contributed by atoms with van der Waals surface area (Å²) in [7, 11) is 0. The molecule has 0 amide bonds. The van der Waals surface area contributed by atoms with Crippen molar-refractivity contribution in [2.45, 2.75) is 64.3 Å². The molecule has 3 N–H and O–H groups in total. The van der Waals surface area contributed by atoms with Gasteiger partial charge in [-0.1, -0.05) is 38.8 Å². The Morgan fingerprint density at radius 1 is 1.22 bits per heavy atom. The van der Waals surface area contributed by atoms with Crippen molar-refractivity contribution in [2.24, 2.45) is 5.73 Å². The van der Waals surface area contributed by atoms with Crippen LogP contribution in [0.25, 0.3) is 11.5 Å². The quantitative estimate of drug-likeness (QED) is 0.878. The van der Waals surface area contributed by atoms with Crippen LogP contribution in [0.2, 0.25) is 0 Å². The van der Waals surface area contributed by atoms with E-state index < -0.39 is 5.54 Å². The highest BCUT2D eigenvalue weighted by Gasteiger charge is 2.36. The van der Waals surface area contributed by atoms with Crippen LogP contribution in [0.3, 0.4) is 0 Å². The van der Waals surface area contributed by atoms with Crippen LogP contribution >= 0.6 is 0 Å². The van der Waals surface area contributed by atoms with E-state index in [1.807, 2.05) is 20.8 Å². The molecule has 0 atom stereocenters. The maximum absolute atomic E-state index is 12.5. The number of hydrogen-bond donors (Lipinski definition) is 2. The maximum Gasteiger partial charge on any atom is 0.265 e. The van der Waals surface area contributed by atoms with Gasteiger partial charge in [0, 0.05) is 5.41 Å². The maximum atomic E-state index is 12.5. The summed E-state index contributed by atoms with van der Waals surface area (Å²) in [5.41, 5.74) is 6.18. The predicted octanol–water partition coefficient (Wildman–Crippen LogP) is 2.15. The van der Waals surface area contributed by atoms with Crippen molar-refractivity contribution in [1.29, 1.82) is 0 Å². The normalized spacial score (nSPS) is 17.6. The fourth-order valence-electron chi connectivity index (χ4n) is 2.95. The minimum Gasteiger partial charge on any atom is -0.334 e. The second-order valence-corrected chi connectivity index (χ2v) is 7.41. The van der Waals surface area contributed by atoms with Crippen LogP contribution in [0.5, 0.6) is 0 Å². The van der Waals surface area contributed by atoms with Crippen molar-refractivity contribution in [1.82, 2.24) is 20.1 Å². The zero-order valence-electron chi connectivity index (χ0n) is 14.1. The van der Waals surface area contributed by atoms with E-state index >= 15 is 0 Å². The first kappa shape index (κ1) is 15.9. The van der Waals surface area contributed by atoms with Crippen LogP contribution < -0.4 is 11.3 Å². The molecular weight excluding hydrogens is 294 g/mol. The number of hydrogen-bond acceptors (Lipinski definition) is 6. The largest absolute Gasteiger partial charge is 0.334 e. The standard InChI is InChI=1S/C16H23N5O2/c1-9-10(11(22)19-13(18-9)15(2,3)4)12-20-14(21-23-12)16(17)7-5-6-8-16/h5-8,17H2,1-4H3,(H,18,19,22). The van der Waals surface area contributed by atoms with E-state index in [2.05, 4.69) is 20.1 Å². The van der Waals surface area contributed by atoms with Gasteiger partial charge in [-0.2, -0.15) is 4.98 Å². The lowest BCUT2D eigenvalue weighted by atomic mass is 9.95. The zero-order valence-corrected chi connectivity index (χ0v) is 14.1. The van der Waals surface area contributed by atoms with E-state index in [0.717, 1.165) is 25.7 Å². The molecule has 0 spiro atoms. The Bertz CT molecular complexity index is 778. The van der Waals surface area contributed by atoms with E-state index in [-0.39, 0.29) is 16.9 Å². The van der Waals surface area contributed by atoms with Crippen LogP contribution in [0, 0.1) is 6.92 Å². The van der Waals surface area contributed by atoms with Crippen LogP contribution in [0.15, 0.2) is 9.32 Å². The Kier molecular flexibility index (Phi) is 3.63. The first-order valence-electron chi connectivity index (χ1n) is 7.95. The van der Waals surface area contributed by atoms with E-state index in [1.54, 1.807) is 6.92 Å². The Morgan fingerprint density at radius 3 is 2.43 bits per heavy atom. The summed E-state index contributed by atoms with van der Waals surface area (Å²) < 4.78 is 5.31. The van der Waals surface area contributed by atoms with Crippen LogP contribution in [0.1, 0.15) is 63.8 Å². The molecule has 1 aliphatic carbocycles. The number of nitrogens with two attached hydrogens (primary N) is 1. The summed E-state index contributed by atoms with van der Waals surface area (Å²) >= 11 is 0. The molecule has 2 aromatic heterocycles. The molecule has 1 saturated carbocycles. The fourth-order valence-corrected chi connectivity index (χ4v) is 2.95. The third kappa shape index (κ3) is 2.81. The monoisotopic (exact) mass is 317 g/mol. The Hall–Kier alpha value is -2.02. The van der Waals surface area contributed by atoms with Gasteiger partial charge in [-0.25, -0.2) is 4.98 Å². The lowest BCUT2D eigenvalue weighted by Crippen LogP contribution is -2.34. The van der Waals surface area contributed by atoms with Gasteiger partial charge in [0.15, 0.2) is 5.82 Å². The van der Waals surface area contributed by atoms with Gasteiger partial charge in [-0.3, -0.25) is 4.79 Å². The van der Waals surface area contributed by atoms with Crippen LogP contribution in [-0.4, -0.2) is 20.1 Å². The molecule has 0 bridgehead atoms. The molecule has 23 heavy (non-hydrogen) atoms. The number of aromatic amines is 1. The van der Waals surface area contributed by atoms with E-state index in [4.69, 9.17) is 10.3 Å². The molecule has 0 aromatic carbocycles. The molecule has 1 fully saturated rings. The highest BCUT2D eigenvalue weighted by Crippen LogP contribution is 2.35. The number of aryl methyl sites for hydroxylation is 1. The number of nitrogens with zero attached hydrogens (tertiary/aromatic N) is 3. The number of nitrogens with one attached hydrogen (secondary N) is 1. The summed E-state index contributed by atoms with van der Waals surface area (Å²) in [5.74, 6) is 1.29. The average molecular weight is 317 g/mol. The molecule has 124 valence electrons. The number of rotatable bonds is 2. The van der Waals surface area contributed by atoms with Gasteiger partial charge >= 0.3 is 0 Å². The molecule has 7 heteroatoms. The summed E-state index contributed by atoms with van der Waals surface area (Å²) in [4.78, 5) is 24.2. The van der Waals surface area contributed by atoms with Crippen molar-refractivity contribution in [2.75, 3.05) is 0 Å². The average Bonchev–Trinajstić information content (AvgIpc) is 3.07. The molecule has 2 heterocycles. The minimum atomic E-state index is -0.540. The number of H-pyrrole nitrogens is 1. The Labute approximate surface area is 134 Å². The minimum absolute atomic E-state index is 0.184. The Balaban J connectivity index is 2.03. The Morgan fingerprint density at radius 2 is 1.87 bits per heavy atom. The zero-order chi connectivity index (χ0) is 16.8. The summed E-state index contributed by atoms with van der Waals surface area (Å²) in [6.45, 7) is 7.76. The lowest BCUT2D eigenvalue weighted by Gasteiger charge is -2.18. The van der Waals surface area contributed by atoms with Gasteiger partial charge in [-0.05, 0) is 19.8 Å². The topological polar surface area (TPSA) is 111 Å². The second kappa shape index (κ2) is 5.26. The van der Waals surface area contributed by atoms with Gasteiger partial charge < -0.3 is 15.2 Å². The highest BCUT2D eigenvalue weighted by molar-refractivity contribution is 5.54. The molecule has 3 rings (SSSR count). The van der Waals surface area contributed by atoms with E-state index in [1.165, 1.54) is 0 Å². The third-order valence-electron chi connectivity index (χ3n) is 4.39. The lowest BCUT2D eigenvalue weighted by molar-refractivity contribution is 0.372. The fraction of sp³-hybridized carbons (Fsp3) is 0.625. The summed E-state index contributed by atoms with van der Waals surface area (Å²) in [6.07, 6.45) is 3.79. The smallest absolute Gasteiger partial charge is 0.265 e. The molecule has 0 saturated heterocycles. The predicted molar refractivity (Wildman–Crippen MR) is 85.9 cm³/mol. The van der Waals surface area contributed by atoms with Crippen molar-refractivity contribution in [3.63, 3.8) is 0 Å². The van der Waals surface area contributed by atoms with Crippen molar-refractivity contribution in [3.8, 4) is 11.5 Å². The van der Waals surface area contributed by atoms with Gasteiger partial charge in [-0.15, -0.1) is 0 Å². The van der Waals surface area contributed by atoms with Crippen LogP contribution in [-0.2, 0) is 11.0 Å².